The zero-order valence-electron chi connectivity index (χ0n) is 16.5. The molecule has 6 nitrogen and oxygen atoms in total. The molecule has 0 saturated heterocycles. The van der Waals surface area contributed by atoms with Crippen molar-refractivity contribution in [2.75, 3.05) is 11.9 Å². The summed E-state index contributed by atoms with van der Waals surface area (Å²) in [6.07, 6.45) is 1.76. The van der Waals surface area contributed by atoms with Gasteiger partial charge >= 0.3 is 5.97 Å². The van der Waals surface area contributed by atoms with Gasteiger partial charge in [-0.2, -0.15) is 0 Å². The van der Waals surface area contributed by atoms with E-state index < -0.39 is 5.97 Å². The third-order valence-electron chi connectivity index (χ3n) is 5.28. The van der Waals surface area contributed by atoms with Crippen LogP contribution in [0.1, 0.15) is 49.7 Å². The topological polar surface area (TPSA) is 88.3 Å². The van der Waals surface area contributed by atoms with Crippen molar-refractivity contribution in [2.24, 2.45) is 5.92 Å². The summed E-state index contributed by atoms with van der Waals surface area (Å²) in [5, 5.41) is 4.16. The van der Waals surface area contributed by atoms with E-state index in [9.17, 15) is 14.4 Å². The zero-order valence-corrected chi connectivity index (χ0v) is 17.4. The third-order valence-corrected chi connectivity index (χ3v) is 6.40. The lowest BCUT2D eigenvalue weighted by Crippen LogP contribution is -2.18. The van der Waals surface area contributed by atoms with Crippen LogP contribution in [0.2, 0.25) is 0 Å². The van der Waals surface area contributed by atoms with E-state index in [0.717, 1.165) is 39.9 Å². The lowest BCUT2D eigenvalue weighted by molar-refractivity contribution is -0.117. The van der Waals surface area contributed by atoms with Gasteiger partial charge in [0, 0.05) is 33.0 Å². The molecule has 1 aliphatic carbocycles. The fourth-order valence-corrected chi connectivity index (χ4v) is 4.48. The van der Waals surface area contributed by atoms with Crippen LogP contribution in [0.5, 0.6) is 0 Å². The van der Waals surface area contributed by atoms with Crippen LogP contribution in [0.3, 0.4) is 0 Å². The number of anilines is 1. The van der Waals surface area contributed by atoms with Crippen molar-refractivity contribution in [1.29, 1.82) is 0 Å². The number of H-pyrrole nitrogens is 1. The average Bonchev–Trinajstić information content (AvgIpc) is 3.43. The van der Waals surface area contributed by atoms with Crippen LogP contribution in [-0.4, -0.2) is 29.3 Å². The first-order valence-electron chi connectivity index (χ1n) is 9.55. The number of carbonyl (C=O) groups is 3. The Balaban J connectivity index is 1.51. The standard InChI is InChI=1S/C22H22N2O4S/c1-11-13(3)29-21(24-20(26)14-8-9-14)18(11)22(27)28-10-17(25)19-12(2)23-16-7-5-4-6-15(16)19/h4-7,14,23H,8-10H2,1-3H3,(H,24,26). The number of carbonyl (C=O) groups excluding carboxylic acids is 3. The van der Waals surface area contributed by atoms with Gasteiger partial charge in [-0.15, -0.1) is 11.3 Å². The van der Waals surface area contributed by atoms with Crippen molar-refractivity contribution in [2.45, 2.75) is 33.6 Å². The van der Waals surface area contributed by atoms with Crippen LogP contribution in [0.15, 0.2) is 24.3 Å². The highest BCUT2D eigenvalue weighted by molar-refractivity contribution is 7.16. The number of nitrogens with one attached hydrogen (secondary N) is 2. The molecule has 2 N–H and O–H groups in total. The lowest BCUT2D eigenvalue weighted by atomic mass is 10.1. The first-order chi connectivity index (χ1) is 13.9. The SMILES string of the molecule is Cc1[nH]c2ccccc2c1C(=O)COC(=O)c1c(NC(=O)C2CC2)sc(C)c1C. The number of hydrogen-bond acceptors (Lipinski definition) is 5. The summed E-state index contributed by atoms with van der Waals surface area (Å²) in [5.41, 5.74) is 3.25. The molecule has 0 atom stereocenters. The van der Waals surface area contributed by atoms with Crippen LogP contribution < -0.4 is 5.32 Å². The van der Waals surface area contributed by atoms with Crippen molar-refractivity contribution in [3.8, 4) is 0 Å². The van der Waals surface area contributed by atoms with Crippen LogP contribution in [-0.2, 0) is 9.53 Å². The van der Waals surface area contributed by atoms with Gasteiger partial charge in [0.25, 0.3) is 0 Å². The molecule has 2 aromatic heterocycles. The molecule has 3 aromatic rings. The number of para-hydroxylation sites is 1. The Bertz CT molecular complexity index is 1140. The van der Waals surface area contributed by atoms with Crippen molar-refractivity contribution in [1.82, 2.24) is 4.98 Å². The second-order valence-electron chi connectivity index (χ2n) is 7.42. The number of aryl methyl sites for hydroxylation is 2. The van der Waals surface area contributed by atoms with Gasteiger partial charge in [-0.25, -0.2) is 4.79 Å². The van der Waals surface area contributed by atoms with Gasteiger partial charge in [-0.05, 0) is 45.2 Å². The van der Waals surface area contributed by atoms with E-state index in [-0.39, 0.29) is 24.2 Å². The highest BCUT2D eigenvalue weighted by Gasteiger charge is 2.32. The Labute approximate surface area is 172 Å². The van der Waals surface area contributed by atoms with Crippen molar-refractivity contribution in [3.05, 3.63) is 51.5 Å². The number of amides is 1. The summed E-state index contributed by atoms with van der Waals surface area (Å²) in [6, 6.07) is 7.53. The van der Waals surface area contributed by atoms with Gasteiger partial charge in [0.1, 0.15) is 5.00 Å². The number of fused-ring (bicyclic) bond motifs is 1. The number of hydrogen-bond donors (Lipinski definition) is 2. The molecule has 2 heterocycles. The Hall–Kier alpha value is -2.93. The van der Waals surface area contributed by atoms with E-state index in [0.29, 0.717) is 16.1 Å². The highest BCUT2D eigenvalue weighted by Crippen LogP contribution is 2.36. The third kappa shape index (κ3) is 3.70. The van der Waals surface area contributed by atoms with Crippen LogP contribution in [0, 0.1) is 26.7 Å². The number of aromatic amines is 1. The number of thiophene rings is 1. The minimum absolute atomic E-state index is 0.0352. The Morgan fingerprint density at radius 2 is 1.86 bits per heavy atom. The summed E-state index contributed by atoms with van der Waals surface area (Å²) < 4.78 is 5.36. The predicted molar refractivity (Wildman–Crippen MR) is 113 cm³/mol. The number of ketones is 1. The summed E-state index contributed by atoms with van der Waals surface area (Å²) in [5.74, 6) is -0.885. The Morgan fingerprint density at radius 3 is 2.59 bits per heavy atom. The maximum Gasteiger partial charge on any atom is 0.341 e. The van der Waals surface area contributed by atoms with Crippen LogP contribution in [0.25, 0.3) is 10.9 Å². The molecule has 0 aliphatic heterocycles. The monoisotopic (exact) mass is 410 g/mol. The highest BCUT2D eigenvalue weighted by atomic mass is 32.1. The number of rotatable bonds is 6. The molecule has 1 aliphatic rings. The van der Waals surface area contributed by atoms with Gasteiger partial charge in [0.05, 0.1) is 5.56 Å². The molecule has 1 fully saturated rings. The number of benzene rings is 1. The van der Waals surface area contributed by atoms with Gasteiger partial charge in [0.2, 0.25) is 11.7 Å². The smallest absolute Gasteiger partial charge is 0.341 e. The van der Waals surface area contributed by atoms with Crippen LogP contribution >= 0.6 is 11.3 Å². The van der Waals surface area contributed by atoms with Gasteiger partial charge in [-0.3, -0.25) is 9.59 Å². The fourth-order valence-electron chi connectivity index (χ4n) is 3.43. The van der Waals surface area contributed by atoms with Gasteiger partial charge in [0.15, 0.2) is 6.61 Å². The summed E-state index contributed by atoms with van der Waals surface area (Å²) in [6.45, 7) is 5.18. The molecule has 0 radical (unpaired) electrons. The second kappa shape index (κ2) is 7.48. The number of Topliss-reactive ketones (excluding diaryl/α,β-unsaturated/α-hetero) is 1. The maximum atomic E-state index is 12.8. The van der Waals surface area contributed by atoms with Gasteiger partial charge < -0.3 is 15.0 Å². The first kappa shape index (κ1) is 19.4. The van der Waals surface area contributed by atoms with E-state index in [2.05, 4.69) is 10.3 Å². The average molecular weight is 410 g/mol. The van der Waals surface area contributed by atoms with Gasteiger partial charge in [-0.1, -0.05) is 18.2 Å². The zero-order chi connectivity index (χ0) is 20.7. The molecule has 150 valence electrons. The molecule has 29 heavy (non-hydrogen) atoms. The minimum Gasteiger partial charge on any atom is -0.454 e. The summed E-state index contributed by atoms with van der Waals surface area (Å²) in [4.78, 5) is 41.8. The van der Waals surface area contributed by atoms with Crippen molar-refractivity contribution >= 4 is 44.9 Å². The molecule has 1 amide bonds. The largest absolute Gasteiger partial charge is 0.454 e. The predicted octanol–water partition coefficient (Wildman–Crippen LogP) is 4.54. The van der Waals surface area contributed by atoms with E-state index in [4.69, 9.17) is 4.74 Å². The van der Waals surface area contributed by atoms with Crippen molar-refractivity contribution in [3.63, 3.8) is 0 Å². The molecule has 1 saturated carbocycles. The Morgan fingerprint density at radius 1 is 1.14 bits per heavy atom. The van der Waals surface area contributed by atoms with Crippen LogP contribution in [0.4, 0.5) is 5.00 Å². The number of aromatic nitrogens is 1. The number of esters is 1. The summed E-state index contributed by atoms with van der Waals surface area (Å²) >= 11 is 1.36. The fraction of sp³-hybridized carbons (Fsp3) is 0.318. The molecule has 4 rings (SSSR count). The number of ether oxygens (including phenoxy) is 1. The molecular formula is C22H22N2O4S. The molecule has 0 unspecified atom stereocenters. The van der Waals surface area contributed by atoms with E-state index >= 15 is 0 Å². The van der Waals surface area contributed by atoms with E-state index in [1.165, 1.54) is 11.3 Å². The molecule has 0 spiro atoms. The molecule has 0 bridgehead atoms. The maximum absolute atomic E-state index is 12.8. The molecule has 1 aromatic carbocycles. The quantitative estimate of drug-likeness (QED) is 0.461. The second-order valence-corrected chi connectivity index (χ2v) is 8.65. The summed E-state index contributed by atoms with van der Waals surface area (Å²) in [7, 11) is 0. The normalized spacial score (nSPS) is 13.5. The Kier molecular flexibility index (Phi) is 5.00. The van der Waals surface area contributed by atoms with Crippen molar-refractivity contribution < 1.29 is 19.1 Å². The molecular weight excluding hydrogens is 388 g/mol. The lowest BCUT2D eigenvalue weighted by Gasteiger charge is -2.08. The first-order valence-corrected chi connectivity index (χ1v) is 10.4. The van der Waals surface area contributed by atoms with E-state index in [1.54, 1.807) is 0 Å². The molecule has 7 heteroatoms. The van der Waals surface area contributed by atoms with E-state index in [1.807, 2.05) is 45.0 Å². The minimum atomic E-state index is -0.594.